The highest BCUT2D eigenvalue weighted by Gasteiger charge is 2.33. The molecule has 1 unspecified atom stereocenters. The number of ether oxygens (including phenoxy) is 2. The van der Waals surface area contributed by atoms with Gasteiger partial charge in [0.2, 0.25) is 0 Å². The SMILES string of the molecule is CCOCCOc1ccc(C#Cc2ccc(N3CCN(S(=O)(=O)NC(C(=O)O)C(C)C)CC3)cc2)cc1C(=O)NCC#N. The van der Waals surface area contributed by atoms with Crippen molar-refractivity contribution in [1.82, 2.24) is 14.3 Å². The van der Waals surface area contributed by atoms with Crippen molar-refractivity contribution in [2.75, 3.05) is 57.4 Å². The number of carboxylic acid groups (broad SMARTS) is 1. The molecule has 1 aliphatic heterocycles. The third-order valence-corrected chi connectivity index (χ3v) is 8.21. The van der Waals surface area contributed by atoms with Gasteiger partial charge in [0.1, 0.15) is 24.9 Å². The van der Waals surface area contributed by atoms with Crippen molar-refractivity contribution < 1.29 is 32.6 Å². The predicted molar refractivity (Wildman–Crippen MR) is 161 cm³/mol. The van der Waals surface area contributed by atoms with Gasteiger partial charge >= 0.3 is 5.97 Å². The Bertz CT molecular complexity index is 1470. The van der Waals surface area contributed by atoms with Crippen LogP contribution < -0.4 is 19.7 Å². The molecule has 1 heterocycles. The highest BCUT2D eigenvalue weighted by Crippen LogP contribution is 2.21. The number of amides is 1. The Morgan fingerprint density at radius 1 is 1.02 bits per heavy atom. The van der Waals surface area contributed by atoms with Gasteiger partial charge in [0, 0.05) is 49.6 Å². The summed E-state index contributed by atoms with van der Waals surface area (Å²) in [4.78, 5) is 26.1. The first-order valence-electron chi connectivity index (χ1n) is 13.9. The quantitative estimate of drug-likeness (QED) is 0.174. The number of aliphatic carboxylic acids is 1. The molecule has 12 nitrogen and oxygen atoms in total. The first-order chi connectivity index (χ1) is 20.6. The zero-order chi connectivity index (χ0) is 31.4. The second kappa shape index (κ2) is 15.9. The van der Waals surface area contributed by atoms with E-state index in [0.717, 1.165) is 11.3 Å². The molecule has 1 amide bonds. The molecular formula is C30H37N5O7S. The molecule has 1 aliphatic rings. The zero-order valence-electron chi connectivity index (χ0n) is 24.5. The average Bonchev–Trinajstić information content (AvgIpc) is 3.00. The van der Waals surface area contributed by atoms with E-state index >= 15 is 0 Å². The Hall–Kier alpha value is -4.14. The van der Waals surface area contributed by atoms with Gasteiger partial charge in [-0.05, 0) is 55.3 Å². The fourth-order valence-corrected chi connectivity index (χ4v) is 5.76. The second-order valence-electron chi connectivity index (χ2n) is 9.96. The topological polar surface area (TPSA) is 161 Å². The second-order valence-corrected chi connectivity index (χ2v) is 11.7. The van der Waals surface area contributed by atoms with Crippen LogP contribution in [0.1, 0.15) is 42.3 Å². The van der Waals surface area contributed by atoms with E-state index in [-0.39, 0.29) is 31.8 Å². The number of benzene rings is 2. The van der Waals surface area contributed by atoms with Crippen molar-refractivity contribution in [3.8, 4) is 23.7 Å². The number of anilines is 1. The highest BCUT2D eigenvalue weighted by molar-refractivity contribution is 7.87. The molecule has 13 heteroatoms. The van der Waals surface area contributed by atoms with Crippen LogP contribution in [0.25, 0.3) is 0 Å². The molecule has 0 radical (unpaired) electrons. The van der Waals surface area contributed by atoms with Crippen molar-refractivity contribution in [3.63, 3.8) is 0 Å². The van der Waals surface area contributed by atoms with E-state index in [1.54, 1.807) is 32.0 Å². The molecular weight excluding hydrogens is 574 g/mol. The van der Waals surface area contributed by atoms with Gasteiger partial charge in [-0.2, -0.15) is 22.7 Å². The number of carbonyl (C=O) groups is 2. The number of nitriles is 1. The zero-order valence-corrected chi connectivity index (χ0v) is 25.3. The molecule has 3 N–H and O–H groups in total. The fraction of sp³-hybridized carbons (Fsp3) is 0.433. The van der Waals surface area contributed by atoms with Crippen LogP contribution in [-0.4, -0.2) is 88.3 Å². The van der Waals surface area contributed by atoms with Gasteiger partial charge in [-0.15, -0.1) is 0 Å². The lowest BCUT2D eigenvalue weighted by Gasteiger charge is -2.36. The molecule has 0 bridgehead atoms. The summed E-state index contributed by atoms with van der Waals surface area (Å²) in [5, 5.41) is 20.7. The lowest BCUT2D eigenvalue weighted by Crippen LogP contribution is -2.55. The summed E-state index contributed by atoms with van der Waals surface area (Å²) >= 11 is 0. The standard InChI is InChI=1S/C30H37N5O7S/c1-4-41-19-20-42-27-12-9-24(21-26(27)29(36)32-14-13-31)6-5-23-7-10-25(11-8-23)34-15-17-35(18-16-34)43(39,40)33-28(22(2)3)30(37)38/h7-12,21-22,28,33H,4,14-20H2,1-3H3,(H,32,36)(H,37,38). The molecule has 2 aromatic rings. The van der Waals surface area contributed by atoms with Gasteiger partial charge in [0.15, 0.2) is 0 Å². The first kappa shape index (κ1) is 33.4. The maximum Gasteiger partial charge on any atom is 0.322 e. The van der Waals surface area contributed by atoms with E-state index < -0.39 is 34.0 Å². The average molecular weight is 612 g/mol. The van der Waals surface area contributed by atoms with E-state index in [1.807, 2.05) is 37.3 Å². The number of carboxylic acids is 1. The van der Waals surface area contributed by atoms with E-state index in [4.69, 9.17) is 14.7 Å². The molecule has 1 atom stereocenters. The van der Waals surface area contributed by atoms with E-state index in [2.05, 4.69) is 26.8 Å². The van der Waals surface area contributed by atoms with Gasteiger partial charge in [0.25, 0.3) is 16.1 Å². The van der Waals surface area contributed by atoms with Gasteiger partial charge < -0.3 is 24.8 Å². The molecule has 2 aromatic carbocycles. The molecule has 0 spiro atoms. The van der Waals surface area contributed by atoms with Crippen molar-refractivity contribution in [2.45, 2.75) is 26.8 Å². The summed E-state index contributed by atoms with van der Waals surface area (Å²) in [6.07, 6.45) is 0. The number of rotatable bonds is 13. The molecule has 230 valence electrons. The van der Waals surface area contributed by atoms with Crippen LogP contribution in [0.15, 0.2) is 42.5 Å². The molecule has 0 saturated carbocycles. The third-order valence-electron chi connectivity index (χ3n) is 6.61. The normalized spacial score (nSPS) is 14.3. The Labute approximate surface area is 252 Å². The Balaban J connectivity index is 1.65. The maximum atomic E-state index is 12.7. The minimum atomic E-state index is -3.94. The van der Waals surface area contributed by atoms with Gasteiger partial charge in [-0.1, -0.05) is 25.7 Å². The summed E-state index contributed by atoms with van der Waals surface area (Å²) in [6.45, 7) is 7.59. The van der Waals surface area contributed by atoms with Gasteiger partial charge in [-0.3, -0.25) is 9.59 Å². The monoisotopic (exact) mass is 611 g/mol. The highest BCUT2D eigenvalue weighted by atomic mass is 32.2. The number of piperazine rings is 1. The van der Waals surface area contributed by atoms with Gasteiger partial charge in [-0.25, -0.2) is 0 Å². The molecule has 0 aromatic heterocycles. The molecule has 43 heavy (non-hydrogen) atoms. The van der Waals surface area contributed by atoms with E-state index in [0.29, 0.717) is 37.6 Å². The molecule has 1 saturated heterocycles. The number of carbonyl (C=O) groups excluding carboxylic acids is 1. The summed E-state index contributed by atoms with van der Waals surface area (Å²) in [7, 11) is -3.94. The Kier molecular flexibility index (Phi) is 12.3. The van der Waals surface area contributed by atoms with Crippen LogP contribution in [0, 0.1) is 29.1 Å². The summed E-state index contributed by atoms with van der Waals surface area (Å²) < 4.78 is 40.1. The molecule has 3 rings (SSSR count). The van der Waals surface area contributed by atoms with Crippen molar-refractivity contribution in [2.24, 2.45) is 5.92 Å². The number of nitrogens with zero attached hydrogens (tertiary/aromatic N) is 3. The van der Waals surface area contributed by atoms with Crippen LogP contribution in [0.4, 0.5) is 5.69 Å². The van der Waals surface area contributed by atoms with Crippen molar-refractivity contribution >= 4 is 27.8 Å². The minimum absolute atomic E-state index is 0.134. The van der Waals surface area contributed by atoms with Crippen LogP contribution >= 0.6 is 0 Å². The fourth-order valence-electron chi connectivity index (χ4n) is 4.27. The summed E-state index contributed by atoms with van der Waals surface area (Å²) in [5.41, 5.74) is 2.52. The van der Waals surface area contributed by atoms with Gasteiger partial charge in [0.05, 0.1) is 18.2 Å². The third kappa shape index (κ3) is 9.70. The Morgan fingerprint density at radius 3 is 2.28 bits per heavy atom. The van der Waals surface area contributed by atoms with Crippen LogP contribution in [-0.2, 0) is 19.7 Å². The number of nitrogens with one attached hydrogen (secondary N) is 2. The minimum Gasteiger partial charge on any atom is -0.490 e. The van der Waals surface area contributed by atoms with Crippen LogP contribution in [0.3, 0.4) is 0 Å². The smallest absolute Gasteiger partial charge is 0.322 e. The van der Waals surface area contributed by atoms with Crippen LogP contribution in [0.2, 0.25) is 0 Å². The maximum absolute atomic E-state index is 12.7. The largest absolute Gasteiger partial charge is 0.490 e. The van der Waals surface area contributed by atoms with Crippen LogP contribution in [0.5, 0.6) is 5.75 Å². The lowest BCUT2D eigenvalue weighted by molar-refractivity contribution is -0.140. The first-order valence-corrected chi connectivity index (χ1v) is 15.4. The summed E-state index contributed by atoms with van der Waals surface area (Å²) in [6, 6.07) is 13.3. The van der Waals surface area contributed by atoms with Crippen molar-refractivity contribution in [1.29, 1.82) is 5.26 Å². The van der Waals surface area contributed by atoms with Crippen molar-refractivity contribution in [3.05, 3.63) is 59.2 Å². The molecule has 0 aliphatic carbocycles. The summed E-state index contributed by atoms with van der Waals surface area (Å²) in [5.74, 6) is 4.48. The number of hydrogen-bond donors (Lipinski definition) is 3. The lowest BCUT2D eigenvalue weighted by atomic mass is 10.1. The number of hydrogen-bond acceptors (Lipinski definition) is 8. The predicted octanol–water partition coefficient (Wildman–Crippen LogP) is 1.82. The van der Waals surface area contributed by atoms with E-state index in [1.165, 1.54) is 4.31 Å². The molecule has 1 fully saturated rings. The van der Waals surface area contributed by atoms with E-state index in [9.17, 15) is 23.1 Å². The Morgan fingerprint density at radius 2 is 1.67 bits per heavy atom.